The number of hydrogen-bond acceptors (Lipinski definition) is 6. The molecule has 0 bridgehead atoms. The number of methoxy groups -OCH3 is 1. The minimum absolute atomic E-state index is 0.175. The van der Waals surface area contributed by atoms with E-state index in [0.717, 1.165) is 4.47 Å². The van der Waals surface area contributed by atoms with Crippen molar-refractivity contribution in [1.29, 1.82) is 0 Å². The minimum atomic E-state index is -0.660. The Balaban J connectivity index is 1.82. The van der Waals surface area contributed by atoms with E-state index >= 15 is 0 Å². The van der Waals surface area contributed by atoms with Crippen molar-refractivity contribution in [3.05, 3.63) is 58.0 Å². The highest BCUT2D eigenvalue weighted by Gasteiger charge is 2.17. The van der Waals surface area contributed by atoms with Crippen LogP contribution in [0.25, 0.3) is 0 Å². The van der Waals surface area contributed by atoms with Crippen LogP contribution < -0.4 is 5.32 Å². The van der Waals surface area contributed by atoms with Crippen molar-refractivity contribution in [1.82, 2.24) is 5.32 Å². The number of furan rings is 1. The normalized spacial score (nSPS) is 10.1. The molecule has 1 aromatic carbocycles. The highest BCUT2D eigenvalue weighted by molar-refractivity contribution is 9.10. The van der Waals surface area contributed by atoms with E-state index < -0.39 is 17.8 Å². The zero-order valence-electron chi connectivity index (χ0n) is 12.7. The molecule has 0 aliphatic heterocycles. The first-order chi connectivity index (χ1) is 11.5. The number of nitrogens with one attached hydrogen (secondary N) is 1. The summed E-state index contributed by atoms with van der Waals surface area (Å²) >= 11 is 3.27. The van der Waals surface area contributed by atoms with E-state index in [9.17, 15) is 14.4 Å². The summed E-state index contributed by atoms with van der Waals surface area (Å²) in [5.74, 6) is -1.46. The average Bonchev–Trinajstić information content (AvgIpc) is 3.06. The third-order valence-corrected chi connectivity index (χ3v) is 3.54. The fourth-order valence-electron chi connectivity index (χ4n) is 1.80. The summed E-state index contributed by atoms with van der Waals surface area (Å²) in [5.41, 5.74) is 0.606. The zero-order chi connectivity index (χ0) is 17.5. The number of hydrogen-bond donors (Lipinski definition) is 1. The van der Waals surface area contributed by atoms with Gasteiger partial charge in [0.2, 0.25) is 0 Å². The van der Waals surface area contributed by atoms with Gasteiger partial charge in [-0.3, -0.25) is 9.59 Å². The van der Waals surface area contributed by atoms with Crippen LogP contribution in [0.5, 0.6) is 0 Å². The molecule has 0 fully saturated rings. The standard InChI is InChI=1S/C16H14BrNO6/c1-22-16(21)12-6-7-23-13(12)9-24-14(19)8-18-15(20)10-2-4-11(17)5-3-10/h2-7H,8-9H2,1H3,(H,18,20). The minimum Gasteiger partial charge on any atom is -0.465 e. The van der Waals surface area contributed by atoms with E-state index in [2.05, 4.69) is 26.0 Å². The molecule has 1 aromatic heterocycles. The zero-order valence-corrected chi connectivity index (χ0v) is 14.3. The lowest BCUT2D eigenvalue weighted by atomic mass is 10.2. The van der Waals surface area contributed by atoms with E-state index in [0.29, 0.717) is 5.56 Å². The SMILES string of the molecule is COC(=O)c1ccoc1COC(=O)CNC(=O)c1ccc(Br)cc1. The van der Waals surface area contributed by atoms with Crippen molar-refractivity contribution in [2.45, 2.75) is 6.61 Å². The highest BCUT2D eigenvalue weighted by atomic mass is 79.9. The highest BCUT2D eigenvalue weighted by Crippen LogP contribution is 2.13. The number of carbonyl (C=O) groups is 3. The topological polar surface area (TPSA) is 94.8 Å². The summed E-state index contributed by atoms with van der Waals surface area (Å²) in [7, 11) is 1.24. The van der Waals surface area contributed by atoms with Gasteiger partial charge >= 0.3 is 11.9 Å². The summed E-state index contributed by atoms with van der Waals surface area (Å²) in [5, 5.41) is 2.45. The summed E-state index contributed by atoms with van der Waals surface area (Å²) in [6, 6.07) is 8.10. The second-order valence-corrected chi connectivity index (χ2v) is 5.51. The van der Waals surface area contributed by atoms with Gasteiger partial charge in [-0.15, -0.1) is 0 Å². The molecule has 0 unspecified atom stereocenters. The van der Waals surface area contributed by atoms with Gasteiger partial charge in [0.15, 0.2) is 5.76 Å². The van der Waals surface area contributed by atoms with Crippen molar-refractivity contribution < 1.29 is 28.3 Å². The van der Waals surface area contributed by atoms with E-state index in [-0.39, 0.29) is 24.5 Å². The molecule has 0 spiro atoms. The number of rotatable bonds is 6. The average molecular weight is 396 g/mol. The number of ether oxygens (including phenoxy) is 2. The van der Waals surface area contributed by atoms with E-state index in [4.69, 9.17) is 9.15 Å². The number of benzene rings is 1. The number of amides is 1. The molecule has 7 nitrogen and oxygen atoms in total. The summed E-state index contributed by atoms with van der Waals surface area (Å²) in [6.07, 6.45) is 1.30. The van der Waals surface area contributed by atoms with Gasteiger partial charge in [-0.1, -0.05) is 15.9 Å². The quantitative estimate of drug-likeness (QED) is 0.753. The van der Waals surface area contributed by atoms with Crippen molar-refractivity contribution in [3.8, 4) is 0 Å². The van der Waals surface area contributed by atoms with Gasteiger partial charge in [0.1, 0.15) is 18.7 Å². The predicted molar refractivity (Wildman–Crippen MR) is 86.3 cm³/mol. The lowest BCUT2D eigenvalue weighted by Crippen LogP contribution is -2.30. The Labute approximate surface area is 146 Å². The maximum Gasteiger partial charge on any atom is 0.341 e. The van der Waals surface area contributed by atoms with Crippen LogP contribution in [0.3, 0.4) is 0 Å². The van der Waals surface area contributed by atoms with Crippen LogP contribution in [0.1, 0.15) is 26.5 Å². The second kappa shape index (κ2) is 8.30. The van der Waals surface area contributed by atoms with Crippen LogP contribution in [-0.4, -0.2) is 31.5 Å². The third-order valence-electron chi connectivity index (χ3n) is 3.01. The van der Waals surface area contributed by atoms with Crippen molar-refractivity contribution in [3.63, 3.8) is 0 Å². The Morgan fingerprint density at radius 2 is 1.88 bits per heavy atom. The van der Waals surface area contributed by atoms with E-state index in [1.807, 2.05) is 0 Å². The first kappa shape index (κ1) is 17.7. The number of esters is 2. The lowest BCUT2D eigenvalue weighted by Gasteiger charge is -2.06. The molecule has 0 aliphatic carbocycles. The summed E-state index contributed by atoms with van der Waals surface area (Å²) < 4.78 is 15.5. The Kier molecular flexibility index (Phi) is 6.14. The van der Waals surface area contributed by atoms with Gasteiger partial charge in [0, 0.05) is 10.0 Å². The van der Waals surface area contributed by atoms with Crippen LogP contribution in [0, 0.1) is 0 Å². The fraction of sp³-hybridized carbons (Fsp3) is 0.188. The molecule has 0 saturated carbocycles. The van der Waals surface area contributed by atoms with E-state index in [1.165, 1.54) is 19.4 Å². The summed E-state index contributed by atoms with van der Waals surface area (Å²) in [4.78, 5) is 35.0. The van der Waals surface area contributed by atoms with Crippen molar-refractivity contribution >= 4 is 33.8 Å². The Hall–Kier alpha value is -2.61. The Bertz CT molecular complexity index is 737. The van der Waals surface area contributed by atoms with Crippen LogP contribution in [0.4, 0.5) is 0 Å². The van der Waals surface area contributed by atoms with Gasteiger partial charge < -0.3 is 19.2 Å². The van der Waals surface area contributed by atoms with Gasteiger partial charge in [0.05, 0.1) is 13.4 Å². The maximum atomic E-state index is 11.9. The molecule has 0 saturated heterocycles. The molecule has 0 aliphatic rings. The van der Waals surface area contributed by atoms with Crippen molar-refractivity contribution in [2.24, 2.45) is 0 Å². The molecule has 1 heterocycles. The summed E-state index contributed by atoms with van der Waals surface area (Å²) in [6.45, 7) is -0.534. The molecule has 2 rings (SSSR count). The molecule has 2 aromatic rings. The van der Waals surface area contributed by atoms with Crippen LogP contribution in [0.2, 0.25) is 0 Å². The lowest BCUT2D eigenvalue weighted by molar-refractivity contribution is -0.144. The second-order valence-electron chi connectivity index (χ2n) is 4.60. The van der Waals surface area contributed by atoms with Gasteiger partial charge in [-0.05, 0) is 30.3 Å². The largest absolute Gasteiger partial charge is 0.465 e. The first-order valence-corrected chi connectivity index (χ1v) is 7.64. The van der Waals surface area contributed by atoms with E-state index in [1.54, 1.807) is 24.3 Å². The molecule has 1 N–H and O–H groups in total. The Morgan fingerprint density at radius 1 is 1.17 bits per heavy atom. The van der Waals surface area contributed by atoms with Gasteiger partial charge in [-0.2, -0.15) is 0 Å². The van der Waals surface area contributed by atoms with Gasteiger partial charge in [-0.25, -0.2) is 4.79 Å². The third kappa shape index (κ3) is 4.69. The molecule has 0 radical (unpaired) electrons. The monoisotopic (exact) mass is 395 g/mol. The van der Waals surface area contributed by atoms with Gasteiger partial charge in [0.25, 0.3) is 5.91 Å². The van der Waals surface area contributed by atoms with Crippen LogP contribution in [-0.2, 0) is 20.9 Å². The Morgan fingerprint density at radius 3 is 2.54 bits per heavy atom. The molecule has 0 atom stereocenters. The molecule has 24 heavy (non-hydrogen) atoms. The molecule has 1 amide bonds. The number of carbonyl (C=O) groups excluding carboxylic acids is 3. The molecule has 126 valence electrons. The smallest absolute Gasteiger partial charge is 0.341 e. The maximum absolute atomic E-state index is 11.9. The fourth-order valence-corrected chi connectivity index (χ4v) is 2.06. The molecular weight excluding hydrogens is 382 g/mol. The van der Waals surface area contributed by atoms with Crippen molar-refractivity contribution in [2.75, 3.05) is 13.7 Å². The molecule has 8 heteroatoms. The first-order valence-electron chi connectivity index (χ1n) is 6.85. The number of halogens is 1. The molecular formula is C16H14BrNO6. The van der Waals surface area contributed by atoms with Crippen LogP contribution >= 0.6 is 15.9 Å². The van der Waals surface area contributed by atoms with Crippen LogP contribution in [0.15, 0.2) is 45.5 Å². The predicted octanol–water partition coefficient (Wildman–Crippen LogP) is 2.30.